The highest BCUT2D eigenvalue weighted by Gasteiger charge is 2.21. The van der Waals surface area contributed by atoms with Crippen LogP contribution in [-0.2, 0) is 9.47 Å². The second kappa shape index (κ2) is 7.80. The van der Waals surface area contributed by atoms with E-state index in [2.05, 4.69) is 9.55 Å². The van der Waals surface area contributed by atoms with Crippen LogP contribution in [0.2, 0.25) is 0 Å². The van der Waals surface area contributed by atoms with Crippen molar-refractivity contribution >= 4 is 22.7 Å². The molecule has 0 amide bonds. The van der Waals surface area contributed by atoms with Gasteiger partial charge in [-0.3, -0.25) is 4.79 Å². The van der Waals surface area contributed by atoms with Crippen molar-refractivity contribution in [2.45, 2.75) is 26.8 Å². The molecule has 2 heterocycles. The Bertz CT molecular complexity index is 983. The first-order valence-electron chi connectivity index (χ1n) is 8.87. The minimum absolute atomic E-state index is 0.116. The number of ketones is 1. The highest BCUT2D eigenvalue weighted by atomic mass is 16.5. The summed E-state index contributed by atoms with van der Waals surface area (Å²) in [4.78, 5) is 28.0. The van der Waals surface area contributed by atoms with Crippen LogP contribution in [0.25, 0.3) is 10.9 Å². The Morgan fingerprint density at radius 2 is 1.93 bits per heavy atom. The standard InChI is InChI=1S/C21H24N2O4/c1-13-9-17(15(3)23(13)14(2)11-26-4)20(24)12-27-21(25)18-10-22-19-8-6-5-7-16(18)19/h5-10,14,22H,11-12H2,1-4H3/t14-/m0/s1. The van der Waals surface area contributed by atoms with E-state index in [1.165, 1.54) is 0 Å². The fourth-order valence-corrected chi connectivity index (χ4v) is 3.58. The molecule has 1 aromatic carbocycles. The van der Waals surface area contributed by atoms with Crippen LogP contribution in [0.1, 0.15) is 45.1 Å². The van der Waals surface area contributed by atoms with Crippen molar-refractivity contribution in [3.63, 3.8) is 0 Å². The number of ether oxygens (including phenoxy) is 2. The highest BCUT2D eigenvalue weighted by Crippen LogP contribution is 2.22. The van der Waals surface area contributed by atoms with Gasteiger partial charge in [0.2, 0.25) is 5.78 Å². The van der Waals surface area contributed by atoms with E-state index < -0.39 is 5.97 Å². The highest BCUT2D eigenvalue weighted by molar-refractivity contribution is 6.05. The van der Waals surface area contributed by atoms with Gasteiger partial charge in [0.1, 0.15) is 0 Å². The van der Waals surface area contributed by atoms with Gasteiger partial charge in [-0.1, -0.05) is 18.2 Å². The van der Waals surface area contributed by atoms with Crippen LogP contribution in [0.5, 0.6) is 0 Å². The normalized spacial score (nSPS) is 12.3. The zero-order valence-electron chi connectivity index (χ0n) is 16.0. The number of benzene rings is 1. The SMILES string of the molecule is COC[C@H](C)n1c(C)cc(C(=O)COC(=O)c2c[nH]c3ccccc23)c1C. The Morgan fingerprint density at radius 1 is 1.19 bits per heavy atom. The molecule has 0 unspecified atom stereocenters. The van der Waals surface area contributed by atoms with E-state index in [9.17, 15) is 9.59 Å². The summed E-state index contributed by atoms with van der Waals surface area (Å²) in [6.45, 7) is 6.15. The minimum atomic E-state index is -0.512. The molecule has 27 heavy (non-hydrogen) atoms. The zero-order chi connectivity index (χ0) is 19.6. The van der Waals surface area contributed by atoms with Crippen molar-refractivity contribution in [1.29, 1.82) is 0 Å². The average molecular weight is 368 g/mol. The number of carbonyl (C=O) groups excluding carboxylic acids is 2. The molecule has 1 atom stereocenters. The number of hydrogen-bond acceptors (Lipinski definition) is 4. The summed E-state index contributed by atoms with van der Waals surface area (Å²) in [5.41, 5.74) is 3.68. The maximum atomic E-state index is 12.6. The van der Waals surface area contributed by atoms with Crippen LogP contribution in [-0.4, -0.2) is 41.6 Å². The maximum absolute atomic E-state index is 12.6. The molecule has 0 radical (unpaired) electrons. The van der Waals surface area contributed by atoms with Crippen LogP contribution in [0.15, 0.2) is 36.5 Å². The van der Waals surface area contributed by atoms with Crippen LogP contribution in [0.4, 0.5) is 0 Å². The van der Waals surface area contributed by atoms with E-state index >= 15 is 0 Å². The molecule has 1 N–H and O–H groups in total. The fourth-order valence-electron chi connectivity index (χ4n) is 3.58. The predicted molar refractivity (Wildman–Crippen MR) is 103 cm³/mol. The van der Waals surface area contributed by atoms with Gasteiger partial charge in [0.05, 0.1) is 18.2 Å². The Hall–Kier alpha value is -2.86. The van der Waals surface area contributed by atoms with E-state index in [0.29, 0.717) is 17.7 Å². The van der Waals surface area contributed by atoms with Gasteiger partial charge in [0.15, 0.2) is 6.61 Å². The minimum Gasteiger partial charge on any atom is -0.454 e. The first-order chi connectivity index (χ1) is 12.9. The number of esters is 1. The molecule has 0 bridgehead atoms. The molecule has 0 aliphatic carbocycles. The third kappa shape index (κ3) is 3.66. The molecule has 0 saturated heterocycles. The Kier molecular flexibility index (Phi) is 5.46. The second-order valence-corrected chi connectivity index (χ2v) is 6.71. The molecule has 0 aliphatic heterocycles. The predicted octanol–water partition coefficient (Wildman–Crippen LogP) is 3.83. The summed E-state index contributed by atoms with van der Waals surface area (Å²) in [6.07, 6.45) is 1.61. The number of Topliss-reactive ketones (excluding diaryl/α,β-unsaturated/α-hetero) is 1. The van der Waals surface area contributed by atoms with Crippen LogP contribution >= 0.6 is 0 Å². The van der Waals surface area contributed by atoms with Crippen molar-refractivity contribution < 1.29 is 19.1 Å². The number of H-pyrrole nitrogens is 1. The number of para-hydroxylation sites is 1. The number of methoxy groups -OCH3 is 1. The Balaban J connectivity index is 1.73. The van der Waals surface area contributed by atoms with Crippen LogP contribution in [0.3, 0.4) is 0 Å². The van der Waals surface area contributed by atoms with Crippen molar-refractivity contribution in [3.05, 3.63) is 59.0 Å². The molecular formula is C21H24N2O4. The van der Waals surface area contributed by atoms with Gasteiger partial charge in [-0.2, -0.15) is 0 Å². The van der Waals surface area contributed by atoms with E-state index in [4.69, 9.17) is 9.47 Å². The molecule has 0 spiro atoms. The third-order valence-electron chi connectivity index (χ3n) is 4.78. The summed E-state index contributed by atoms with van der Waals surface area (Å²) in [7, 11) is 1.65. The number of aryl methyl sites for hydroxylation is 1. The van der Waals surface area contributed by atoms with Gasteiger partial charge in [0, 0.05) is 41.2 Å². The quantitative estimate of drug-likeness (QED) is 0.508. The molecule has 3 aromatic rings. The Morgan fingerprint density at radius 3 is 2.67 bits per heavy atom. The lowest BCUT2D eigenvalue weighted by molar-refractivity contribution is 0.0476. The van der Waals surface area contributed by atoms with E-state index in [1.807, 2.05) is 51.1 Å². The number of aromatic nitrogens is 2. The molecule has 0 saturated carbocycles. The maximum Gasteiger partial charge on any atom is 0.340 e. The second-order valence-electron chi connectivity index (χ2n) is 6.71. The summed E-state index contributed by atoms with van der Waals surface area (Å²) in [5.74, 6) is -0.727. The largest absolute Gasteiger partial charge is 0.454 e. The van der Waals surface area contributed by atoms with Crippen molar-refractivity contribution in [2.24, 2.45) is 0 Å². The molecule has 2 aromatic heterocycles. The Labute approximate surface area is 158 Å². The van der Waals surface area contributed by atoms with Crippen molar-refractivity contribution in [3.8, 4) is 0 Å². The van der Waals surface area contributed by atoms with E-state index in [0.717, 1.165) is 22.3 Å². The molecule has 0 fully saturated rings. The summed E-state index contributed by atoms with van der Waals surface area (Å²) in [6, 6.07) is 9.42. The summed E-state index contributed by atoms with van der Waals surface area (Å²) in [5, 5.41) is 0.779. The smallest absolute Gasteiger partial charge is 0.340 e. The molecule has 6 heteroatoms. The van der Waals surface area contributed by atoms with E-state index in [-0.39, 0.29) is 18.4 Å². The van der Waals surface area contributed by atoms with Crippen molar-refractivity contribution in [1.82, 2.24) is 9.55 Å². The number of fused-ring (bicyclic) bond motifs is 1. The first-order valence-corrected chi connectivity index (χ1v) is 8.87. The fraction of sp³-hybridized carbons (Fsp3) is 0.333. The molecule has 6 nitrogen and oxygen atoms in total. The van der Waals surface area contributed by atoms with Crippen molar-refractivity contribution in [2.75, 3.05) is 20.3 Å². The third-order valence-corrected chi connectivity index (χ3v) is 4.78. The lowest BCUT2D eigenvalue weighted by Crippen LogP contribution is -2.17. The molecule has 0 aliphatic rings. The van der Waals surface area contributed by atoms with Crippen LogP contribution in [0, 0.1) is 13.8 Å². The first kappa shape index (κ1) is 18.9. The van der Waals surface area contributed by atoms with Gasteiger partial charge in [-0.25, -0.2) is 4.79 Å². The van der Waals surface area contributed by atoms with E-state index in [1.54, 1.807) is 13.3 Å². The number of nitrogens with zero attached hydrogens (tertiary/aromatic N) is 1. The average Bonchev–Trinajstić information content (AvgIpc) is 3.20. The topological polar surface area (TPSA) is 73.3 Å². The van der Waals surface area contributed by atoms with Gasteiger partial charge < -0.3 is 19.0 Å². The monoisotopic (exact) mass is 368 g/mol. The lowest BCUT2D eigenvalue weighted by atomic mass is 10.1. The van der Waals surface area contributed by atoms with Gasteiger partial charge in [-0.05, 0) is 32.9 Å². The molecule has 3 rings (SSSR count). The summed E-state index contributed by atoms with van der Waals surface area (Å²) >= 11 is 0. The lowest BCUT2D eigenvalue weighted by Gasteiger charge is -2.17. The summed E-state index contributed by atoms with van der Waals surface area (Å²) < 4.78 is 12.6. The number of aromatic amines is 1. The van der Waals surface area contributed by atoms with Gasteiger partial charge in [0.25, 0.3) is 0 Å². The molecule has 142 valence electrons. The number of rotatable bonds is 7. The molecular weight excluding hydrogens is 344 g/mol. The van der Waals surface area contributed by atoms with Gasteiger partial charge in [-0.15, -0.1) is 0 Å². The van der Waals surface area contributed by atoms with Gasteiger partial charge >= 0.3 is 5.97 Å². The zero-order valence-corrected chi connectivity index (χ0v) is 16.0. The number of carbonyl (C=O) groups is 2. The number of hydrogen-bond donors (Lipinski definition) is 1. The van der Waals surface area contributed by atoms with Crippen LogP contribution < -0.4 is 0 Å². The number of nitrogens with one attached hydrogen (secondary N) is 1.